The summed E-state index contributed by atoms with van der Waals surface area (Å²) < 4.78 is 16.4. The van der Waals surface area contributed by atoms with Gasteiger partial charge in [-0.05, 0) is 0 Å². The van der Waals surface area contributed by atoms with Crippen LogP contribution in [0.2, 0.25) is 0 Å². The zero-order valence-corrected chi connectivity index (χ0v) is 25.7. The molecular weight excluding hydrogens is 514 g/mol. The molecule has 4 unspecified atom stereocenters. The van der Waals surface area contributed by atoms with E-state index in [0.717, 1.165) is 34.7 Å². The molecule has 134 valence electrons. The van der Waals surface area contributed by atoms with E-state index in [1.54, 1.807) is 0 Å². The van der Waals surface area contributed by atoms with Crippen LogP contribution in [0.5, 0.6) is 0 Å². The van der Waals surface area contributed by atoms with E-state index in [1.165, 1.54) is 0 Å². The first kappa shape index (κ1) is 52.4. The molecule has 0 aromatic carbocycles. The molecule has 0 aliphatic carbocycles. The van der Waals surface area contributed by atoms with Gasteiger partial charge in [-0.25, -0.2) is 0 Å². The molecule has 14 nitrogen and oxygen atoms in total. The number of carboxylic acids is 4. The summed E-state index contributed by atoms with van der Waals surface area (Å²) in [6.07, 6.45) is -11.2. The van der Waals surface area contributed by atoms with Crippen LogP contribution in [0.1, 0.15) is 0 Å². The predicted molar refractivity (Wildman–Crippen MR) is 36.6 cm³/mol. The zero-order chi connectivity index (χ0) is 20.6. The number of carbonyl (C=O) groups excluding carboxylic acids is 4. The molecule has 0 N–H and O–H groups in total. The fraction of sp³-hybridized carbons (Fsp3) is 0.500. The van der Waals surface area contributed by atoms with Gasteiger partial charge in [0.25, 0.3) is 0 Å². The van der Waals surface area contributed by atoms with Crippen molar-refractivity contribution in [2.75, 3.05) is 0 Å². The molecule has 20 heteroatoms. The Kier molecular flexibility index (Phi) is 63.9. The molecular formula is C8H4Na4O14V2. The number of hydrogen-bond acceptors (Lipinski definition) is 14. The van der Waals surface area contributed by atoms with Gasteiger partial charge in [-0.3, -0.25) is 0 Å². The Morgan fingerprint density at radius 2 is 0.500 bits per heavy atom. The number of carbonyl (C=O) groups is 4. The molecule has 28 heavy (non-hydrogen) atoms. The van der Waals surface area contributed by atoms with Gasteiger partial charge >= 0.3 is 160 Å². The SMILES string of the molecule is O=C([O-])C([O-])C([O-])C(=O)[O-].O=C([O-])C([O-])C([O-])C(=O)[O-].[Na+].[Na+].[Na+].[Na+].[O]=[V+2].[O]=[V+2]. The van der Waals surface area contributed by atoms with Crippen molar-refractivity contribution in [2.45, 2.75) is 24.4 Å². The van der Waals surface area contributed by atoms with Gasteiger partial charge in [0, 0.05) is 23.9 Å². The Hall–Kier alpha value is 2.49. The normalized spacial score (nSPS) is 11.7. The molecule has 0 aliphatic rings. The molecule has 0 radical (unpaired) electrons. The van der Waals surface area contributed by atoms with Crippen molar-refractivity contribution in [2.24, 2.45) is 0 Å². The van der Waals surface area contributed by atoms with Gasteiger partial charge in [0.05, 0.1) is 0 Å². The van der Waals surface area contributed by atoms with Crippen LogP contribution in [-0.2, 0) is 61.3 Å². The van der Waals surface area contributed by atoms with Crippen LogP contribution in [0.15, 0.2) is 0 Å². The van der Waals surface area contributed by atoms with Gasteiger partial charge < -0.3 is 60.0 Å². The molecule has 0 rings (SSSR count). The molecule has 0 saturated heterocycles. The van der Waals surface area contributed by atoms with Crippen molar-refractivity contribution >= 4 is 23.9 Å². The third-order valence-corrected chi connectivity index (χ3v) is 1.48. The van der Waals surface area contributed by atoms with E-state index in [0.29, 0.717) is 0 Å². The summed E-state index contributed by atoms with van der Waals surface area (Å²) in [4.78, 5) is 38.1. The summed E-state index contributed by atoms with van der Waals surface area (Å²) in [5.41, 5.74) is 0. The first-order valence-electron chi connectivity index (χ1n) is 4.76. The van der Waals surface area contributed by atoms with Crippen LogP contribution in [0.4, 0.5) is 0 Å². The van der Waals surface area contributed by atoms with Crippen molar-refractivity contribution in [3.05, 3.63) is 0 Å². The predicted octanol–water partition coefficient (Wildman–Crippen LogP) is -24.3. The van der Waals surface area contributed by atoms with Crippen molar-refractivity contribution in [3.8, 4) is 0 Å². The van der Waals surface area contributed by atoms with E-state index in [4.69, 9.17) is 7.35 Å². The van der Waals surface area contributed by atoms with Gasteiger partial charge in [-0.2, -0.15) is 0 Å². The van der Waals surface area contributed by atoms with Gasteiger partial charge in [-0.1, -0.05) is 24.4 Å². The summed E-state index contributed by atoms with van der Waals surface area (Å²) in [7, 11) is 0. The summed E-state index contributed by atoms with van der Waals surface area (Å²) in [6.45, 7) is 0. The molecule has 0 aromatic rings. The second-order valence-electron chi connectivity index (χ2n) is 2.96. The Morgan fingerprint density at radius 1 is 0.429 bits per heavy atom. The molecule has 0 aliphatic heterocycles. The Labute approximate surface area is 264 Å². The van der Waals surface area contributed by atoms with Gasteiger partial charge in [0.15, 0.2) is 0 Å². The van der Waals surface area contributed by atoms with Crippen LogP contribution in [0.3, 0.4) is 0 Å². The standard InChI is InChI=1S/2C4H4O6.4Na.2O.2V/c2*5-1(3(7)8)2(6)4(9)10;;;;;;;;/h2*1-2H,(H,7,8)(H,9,10);;;;;;;;/q2*-2;4*+1;;;2*+2/p-4. The van der Waals surface area contributed by atoms with Crippen LogP contribution < -0.4 is 159 Å². The average Bonchev–Trinajstić information content (AvgIpc) is 2.55. The minimum absolute atomic E-state index is 0. The van der Waals surface area contributed by atoms with Gasteiger partial charge in [0.2, 0.25) is 0 Å². The van der Waals surface area contributed by atoms with Gasteiger partial charge in [0.1, 0.15) is 0 Å². The number of carboxylic acid groups (broad SMARTS) is 4. The fourth-order valence-electron chi connectivity index (χ4n) is 0.494. The summed E-state index contributed by atoms with van der Waals surface area (Å²) in [6, 6.07) is 0. The van der Waals surface area contributed by atoms with Crippen molar-refractivity contribution in [3.63, 3.8) is 0 Å². The van der Waals surface area contributed by atoms with E-state index < -0.39 is 48.3 Å². The first-order chi connectivity index (χ1) is 10.9. The molecule has 0 bridgehead atoms. The van der Waals surface area contributed by atoms with E-state index in [-0.39, 0.29) is 118 Å². The first-order valence-corrected chi connectivity index (χ1v) is 5.90. The van der Waals surface area contributed by atoms with E-state index in [1.807, 2.05) is 0 Å². The molecule has 0 heterocycles. The van der Waals surface area contributed by atoms with Crippen LogP contribution in [-0.4, -0.2) is 48.3 Å². The second-order valence-corrected chi connectivity index (χ2v) is 2.96. The van der Waals surface area contributed by atoms with E-state index in [2.05, 4.69) is 0 Å². The fourth-order valence-corrected chi connectivity index (χ4v) is 0.494. The zero-order valence-electron chi connectivity index (χ0n) is 14.9. The quantitative estimate of drug-likeness (QED) is 0.295. The second kappa shape index (κ2) is 34.1. The molecule has 0 fully saturated rings. The van der Waals surface area contributed by atoms with Crippen LogP contribution in [0.25, 0.3) is 0 Å². The third kappa shape index (κ3) is 30.7. The van der Waals surface area contributed by atoms with Gasteiger partial charge in [-0.15, -0.1) is 0 Å². The molecule has 4 atom stereocenters. The average molecular weight is 518 g/mol. The number of aliphatic carboxylic acids is 4. The minimum atomic E-state index is -2.80. The Bertz CT molecular complexity index is 356. The van der Waals surface area contributed by atoms with Crippen molar-refractivity contribution in [1.82, 2.24) is 0 Å². The molecule has 0 spiro atoms. The van der Waals surface area contributed by atoms with Crippen molar-refractivity contribution in [1.29, 1.82) is 0 Å². The maximum absolute atomic E-state index is 9.97. The topological polar surface area (TPSA) is 287 Å². The number of hydrogen-bond donors (Lipinski definition) is 0. The number of rotatable bonds is 6. The maximum atomic E-state index is 9.97. The third-order valence-electron chi connectivity index (χ3n) is 1.48. The Balaban J connectivity index is -0.0000000359. The van der Waals surface area contributed by atoms with Crippen molar-refractivity contribution < 1.29 is 220 Å². The molecule has 0 amide bonds. The van der Waals surface area contributed by atoms with E-state index >= 15 is 0 Å². The molecule has 0 aromatic heterocycles. The Morgan fingerprint density at radius 3 is 0.536 bits per heavy atom. The monoisotopic (exact) mass is 518 g/mol. The summed E-state index contributed by atoms with van der Waals surface area (Å²) in [5.74, 6) is -8.93. The molecule has 0 saturated carbocycles. The summed E-state index contributed by atoms with van der Waals surface area (Å²) >= 11 is 2.12. The van der Waals surface area contributed by atoms with Crippen LogP contribution >= 0.6 is 0 Å². The van der Waals surface area contributed by atoms with E-state index in [9.17, 15) is 60.0 Å². The van der Waals surface area contributed by atoms with Crippen LogP contribution in [0, 0.1) is 0 Å². The summed E-state index contributed by atoms with van der Waals surface area (Å²) in [5, 5.41) is 78.0.